The van der Waals surface area contributed by atoms with Gasteiger partial charge in [0.15, 0.2) is 0 Å². The van der Waals surface area contributed by atoms with Crippen molar-refractivity contribution >= 4 is 12.1 Å². The SMILES string of the molecule is Cc1cccc(C(=O)N/N=C\c2ccccc2C(F)(F)F)c1. The van der Waals surface area contributed by atoms with Crippen LogP contribution in [0.25, 0.3) is 0 Å². The van der Waals surface area contributed by atoms with Crippen molar-refractivity contribution in [3.63, 3.8) is 0 Å². The van der Waals surface area contributed by atoms with Crippen LogP contribution < -0.4 is 5.43 Å². The Morgan fingerprint density at radius 2 is 1.86 bits per heavy atom. The Hall–Kier alpha value is -2.63. The highest BCUT2D eigenvalue weighted by molar-refractivity contribution is 5.95. The van der Waals surface area contributed by atoms with Crippen LogP contribution in [0.4, 0.5) is 13.2 Å². The molecule has 0 heterocycles. The molecule has 114 valence electrons. The molecule has 6 heteroatoms. The van der Waals surface area contributed by atoms with Crippen LogP contribution in [0.2, 0.25) is 0 Å². The van der Waals surface area contributed by atoms with E-state index < -0.39 is 17.6 Å². The zero-order chi connectivity index (χ0) is 16.2. The maximum Gasteiger partial charge on any atom is 0.417 e. The van der Waals surface area contributed by atoms with Crippen LogP contribution in [-0.2, 0) is 6.18 Å². The lowest BCUT2D eigenvalue weighted by atomic mass is 10.1. The average Bonchev–Trinajstić information content (AvgIpc) is 2.46. The van der Waals surface area contributed by atoms with Gasteiger partial charge in [-0.2, -0.15) is 18.3 Å². The zero-order valence-electron chi connectivity index (χ0n) is 11.7. The van der Waals surface area contributed by atoms with E-state index in [9.17, 15) is 18.0 Å². The van der Waals surface area contributed by atoms with Gasteiger partial charge in [-0.25, -0.2) is 5.43 Å². The summed E-state index contributed by atoms with van der Waals surface area (Å²) in [7, 11) is 0. The largest absolute Gasteiger partial charge is 0.417 e. The fourth-order valence-corrected chi connectivity index (χ4v) is 1.88. The van der Waals surface area contributed by atoms with Gasteiger partial charge >= 0.3 is 6.18 Å². The van der Waals surface area contributed by atoms with Crippen molar-refractivity contribution in [2.24, 2.45) is 5.10 Å². The van der Waals surface area contributed by atoms with E-state index in [4.69, 9.17) is 0 Å². The fraction of sp³-hybridized carbons (Fsp3) is 0.125. The number of hydrogen-bond donors (Lipinski definition) is 1. The highest BCUT2D eigenvalue weighted by Crippen LogP contribution is 2.30. The number of amides is 1. The third-order valence-corrected chi connectivity index (χ3v) is 2.92. The first-order valence-corrected chi connectivity index (χ1v) is 6.44. The minimum Gasteiger partial charge on any atom is -0.267 e. The number of nitrogens with one attached hydrogen (secondary N) is 1. The van der Waals surface area contributed by atoms with E-state index >= 15 is 0 Å². The van der Waals surface area contributed by atoms with Crippen molar-refractivity contribution in [3.05, 3.63) is 70.8 Å². The minimum absolute atomic E-state index is 0.112. The summed E-state index contributed by atoms with van der Waals surface area (Å²) >= 11 is 0. The second-order valence-electron chi connectivity index (χ2n) is 4.65. The van der Waals surface area contributed by atoms with Crippen molar-refractivity contribution in [2.75, 3.05) is 0 Å². The number of hydrogen-bond acceptors (Lipinski definition) is 2. The first-order valence-electron chi connectivity index (χ1n) is 6.44. The molecule has 0 atom stereocenters. The topological polar surface area (TPSA) is 41.5 Å². The number of carbonyl (C=O) groups excluding carboxylic acids is 1. The Morgan fingerprint density at radius 1 is 1.14 bits per heavy atom. The number of carbonyl (C=O) groups is 1. The quantitative estimate of drug-likeness (QED) is 0.680. The molecule has 0 aliphatic rings. The predicted octanol–water partition coefficient (Wildman–Crippen LogP) is 3.78. The molecular weight excluding hydrogens is 293 g/mol. The molecule has 0 aliphatic carbocycles. The van der Waals surface area contributed by atoms with Crippen molar-refractivity contribution in [1.82, 2.24) is 5.43 Å². The molecule has 0 radical (unpaired) electrons. The van der Waals surface area contributed by atoms with E-state index in [0.29, 0.717) is 5.56 Å². The highest BCUT2D eigenvalue weighted by atomic mass is 19.4. The van der Waals surface area contributed by atoms with Gasteiger partial charge in [0, 0.05) is 11.1 Å². The van der Waals surface area contributed by atoms with Crippen molar-refractivity contribution in [2.45, 2.75) is 13.1 Å². The predicted molar refractivity (Wildman–Crippen MR) is 77.7 cm³/mol. The van der Waals surface area contributed by atoms with Crippen molar-refractivity contribution < 1.29 is 18.0 Å². The van der Waals surface area contributed by atoms with E-state index in [0.717, 1.165) is 17.8 Å². The van der Waals surface area contributed by atoms with Gasteiger partial charge in [0.25, 0.3) is 5.91 Å². The lowest BCUT2D eigenvalue weighted by Gasteiger charge is -2.09. The summed E-state index contributed by atoms with van der Waals surface area (Å²) in [6.45, 7) is 1.83. The Kier molecular flexibility index (Phi) is 4.60. The molecule has 2 aromatic rings. The van der Waals surface area contributed by atoms with Crippen LogP contribution in [0.1, 0.15) is 27.0 Å². The summed E-state index contributed by atoms with van der Waals surface area (Å²) in [6, 6.07) is 11.8. The van der Waals surface area contributed by atoms with Crippen LogP contribution in [0.5, 0.6) is 0 Å². The molecule has 0 aliphatic heterocycles. The van der Waals surface area contributed by atoms with Gasteiger partial charge in [0.05, 0.1) is 11.8 Å². The van der Waals surface area contributed by atoms with Gasteiger partial charge in [-0.3, -0.25) is 4.79 Å². The lowest BCUT2D eigenvalue weighted by Crippen LogP contribution is -2.18. The number of hydrazone groups is 1. The Labute approximate surface area is 125 Å². The molecule has 1 N–H and O–H groups in total. The minimum atomic E-state index is -4.47. The van der Waals surface area contributed by atoms with Crippen LogP contribution in [0, 0.1) is 6.92 Å². The molecule has 0 unspecified atom stereocenters. The summed E-state index contributed by atoms with van der Waals surface area (Å²) in [5.41, 5.74) is 2.59. The van der Waals surface area contributed by atoms with Gasteiger partial charge in [-0.15, -0.1) is 0 Å². The van der Waals surface area contributed by atoms with E-state index in [1.54, 1.807) is 18.2 Å². The molecule has 0 fully saturated rings. The van der Waals surface area contributed by atoms with E-state index in [1.807, 2.05) is 13.0 Å². The standard InChI is InChI=1S/C16H13F3N2O/c1-11-5-4-7-12(9-11)15(22)21-20-10-13-6-2-3-8-14(13)16(17,18)19/h2-10H,1H3,(H,21,22)/b20-10-. The summed E-state index contributed by atoms with van der Waals surface area (Å²) in [5, 5.41) is 3.60. The third kappa shape index (κ3) is 3.94. The Morgan fingerprint density at radius 3 is 2.55 bits per heavy atom. The van der Waals surface area contributed by atoms with Gasteiger partial charge in [0.2, 0.25) is 0 Å². The van der Waals surface area contributed by atoms with E-state index in [2.05, 4.69) is 10.5 Å². The van der Waals surface area contributed by atoms with Gasteiger partial charge in [-0.05, 0) is 25.1 Å². The molecule has 0 aromatic heterocycles. The summed E-state index contributed by atoms with van der Waals surface area (Å²) in [6.07, 6.45) is -3.49. The monoisotopic (exact) mass is 306 g/mol. The summed E-state index contributed by atoms with van der Waals surface area (Å²) in [5.74, 6) is -0.482. The molecule has 2 aromatic carbocycles. The van der Waals surface area contributed by atoms with Crippen LogP contribution in [-0.4, -0.2) is 12.1 Å². The second kappa shape index (κ2) is 6.43. The maximum absolute atomic E-state index is 12.8. The summed E-state index contributed by atoms with van der Waals surface area (Å²) in [4.78, 5) is 11.8. The third-order valence-electron chi connectivity index (χ3n) is 2.92. The van der Waals surface area contributed by atoms with Crippen molar-refractivity contribution in [1.29, 1.82) is 0 Å². The van der Waals surface area contributed by atoms with Gasteiger partial charge in [0.1, 0.15) is 0 Å². The number of benzene rings is 2. The number of nitrogens with zero attached hydrogens (tertiary/aromatic N) is 1. The molecular formula is C16H13F3N2O. The maximum atomic E-state index is 12.8. The normalized spacial score (nSPS) is 11.6. The van der Waals surface area contributed by atoms with E-state index in [1.165, 1.54) is 18.2 Å². The Balaban J connectivity index is 2.12. The van der Waals surface area contributed by atoms with Crippen LogP contribution in [0.3, 0.4) is 0 Å². The Bertz CT molecular complexity index is 709. The number of rotatable bonds is 3. The van der Waals surface area contributed by atoms with Gasteiger partial charge in [-0.1, -0.05) is 35.9 Å². The fourth-order valence-electron chi connectivity index (χ4n) is 1.88. The zero-order valence-corrected chi connectivity index (χ0v) is 11.7. The molecule has 0 saturated carbocycles. The van der Waals surface area contributed by atoms with E-state index in [-0.39, 0.29) is 5.56 Å². The van der Waals surface area contributed by atoms with Crippen LogP contribution in [0.15, 0.2) is 53.6 Å². The van der Waals surface area contributed by atoms with Gasteiger partial charge < -0.3 is 0 Å². The van der Waals surface area contributed by atoms with Crippen LogP contribution >= 0.6 is 0 Å². The lowest BCUT2D eigenvalue weighted by molar-refractivity contribution is -0.137. The summed E-state index contributed by atoms with van der Waals surface area (Å²) < 4.78 is 38.4. The highest BCUT2D eigenvalue weighted by Gasteiger charge is 2.32. The smallest absolute Gasteiger partial charge is 0.267 e. The molecule has 1 amide bonds. The molecule has 0 bridgehead atoms. The second-order valence-corrected chi connectivity index (χ2v) is 4.65. The number of alkyl halides is 3. The first-order chi connectivity index (χ1) is 10.4. The number of aryl methyl sites for hydroxylation is 1. The average molecular weight is 306 g/mol. The number of halogens is 3. The first kappa shape index (κ1) is 15.8. The molecule has 22 heavy (non-hydrogen) atoms. The molecule has 3 nitrogen and oxygen atoms in total. The molecule has 0 spiro atoms. The molecule has 0 saturated heterocycles. The van der Waals surface area contributed by atoms with Crippen molar-refractivity contribution in [3.8, 4) is 0 Å². The molecule has 2 rings (SSSR count).